The lowest BCUT2D eigenvalue weighted by molar-refractivity contribution is 0.0703. The summed E-state index contributed by atoms with van der Waals surface area (Å²) < 4.78 is 4.95. The third kappa shape index (κ3) is 3.64. The molecule has 5 nitrogen and oxygen atoms in total. The first-order valence-electron chi connectivity index (χ1n) is 4.63. The number of nitrogens with one attached hydrogen (secondary N) is 1. The molecule has 0 aliphatic heterocycles. The Hall–Kier alpha value is -0.880. The van der Waals surface area contributed by atoms with E-state index >= 15 is 0 Å². The van der Waals surface area contributed by atoms with Crippen molar-refractivity contribution in [2.45, 2.75) is 0 Å². The average Bonchev–Trinajstić information content (AvgIpc) is 2.76. The summed E-state index contributed by atoms with van der Waals surface area (Å²) in [5.74, 6) is -0.0519. The van der Waals surface area contributed by atoms with Gasteiger partial charge in [0.25, 0.3) is 5.91 Å². The summed E-state index contributed by atoms with van der Waals surface area (Å²) in [7, 11) is 1.62. The van der Waals surface area contributed by atoms with Gasteiger partial charge in [-0.3, -0.25) is 9.89 Å². The highest BCUT2D eigenvalue weighted by atomic mass is 79.9. The molecule has 15 heavy (non-hydrogen) atoms. The minimum Gasteiger partial charge on any atom is -0.383 e. The van der Waals surface area contributed by atoms with E-state index in [0.29, 0.717) is 25.4 Å². The maximum absolute atomic E-state index is 11.9. The van der Waals surface area contributed by atoms with Gasteiger partial charge in [0.15, 0.2) is 0 Å². The van der Waals surface area contributed by atoms with Gasteiger partial charge in [0.05, 0.1) is 6.61 Å². The number of rotatable bonds is 6. The van der Waals surface area contributed by atoms with Gasteiger partial charge < -0.3 is 9.64 Å². The van der Waals surface area contributed by atoms with Crippen molar-refractivity contribution in [1.29, 1.82) is 0 Å². The van der Waals surface area contributed by atoms with E-state index in [1.807, 2.05) is 0 Å². The number of carbonyl (C=O) groups is 1. The molecule has 1 amide bonds. The van der Waals surface area contributed by atoms with E-state index < -0.39 is 0 Å². The number of carbonyl (C=O) groups excluding carboxylic acids is 1. The van der Waals surface area contributed by atoms with Crippen LogP contribution in [0, 0.1) is 0 Å². The number of alkyl halides is 1. The summed E-state index contributed by atoms with van der Waals surface area (Å²) in [4.78, 5) is 13.6. The van der Waals surface area contributed by atoms with Gasteiger partial charge in [0.1, 0.15) is 5.69 Å². The van der Waals surface area contributed by atoms with Gasteiger partial charge in [-0.1, -0.05) is 15.9 Å². The first kappa shape index (κ1) is 12.2. The molecule has 0 bridgehead atoms. The van der Waals surface area contributed by atoms with Crippen molar-refractivity contribution < 1.29 is 9.53 Å². The first-order valence-corrected chi connectivity index (χ1v) is 5.75. The summed E-state index contributed by atoms with van der Waals surface area (Å²) in [6, 6.07) is 1.66. The number of hydrogen-bond acceptors (Lipinski definition) is 3. The van der Waals surface area contributed by atoms with Crippen LogP contribution < -0.4 is 0 Å². The van der Waals surface area contributed by atoms with Gasteiger partial charge in [-0.2, -0.15) is 5.10 Å². The summed E-state index contributed by atoms with van der Waals surface area (Å²) in [5.41, 5.74) is 0.507. The highest BCUT2D eigenvalue weighted by molar-refractivity contribution is 9.09. The van der Waals surface area contributed by atoms with Crippen LogP contribution in [-0.4, -0.2) is 53.1 Å². The predicted octanol–water partition coefficient (Wildman–Crippen LogP) is 0.893. The standard InChI is InChI=1S/C9H14BrN3O2/c1-15-7-6-13(5-3-10)9(14)8-2-4-11-12-8/h2,4H,3,5-7H2,1H3,(H,11,12). The van der Waals surface area contributed by atoms with Crippen molar-refractivity contribution >= 4 is 21.8 Å². The number of halogens is 1. The number of ether oxygens (including phenoxy) is 1. The van der Waals surface area contributed by atoms with E-state index in [1.54, 1.807) is 24.3 Å². The molecule has 0 spiro atoms. The number of H-pyrrole nitrogens is 1. The van der Waals surface area contributed by atoms with Crippen LogP contribution in [0.25, 0.3) is 0 Å². The third-order valence-electron chi connectivity index (χ3n) is 1.94. The maximum Gasteiger partial charge on any atom is 0.271 e. The highest BCUT2D eigenvalue weighted by Crippen LogP contribution is 2.01. The minimum atomic E-state index is -0.0519. The second-order valence-electron chi connectivity index (χ2n) is 2.94. The lowest BCUT2D eigenvalue weighted by Crippen LogP contribution is -2.35. The predicted molar refractivity (Wildman–Crippen MR) is 60.2 cm³/mol. The molecule has 0 unspecified atom stereocenters. The van der Waals surface area contributed by atoms with Crippen LogP contribution in [0.3, 0.4) is 0 Å². The molecule has 1 aromatic rings. The Morgan fingerprint density at radius 1 is 1.67 bits per heavy atom. The fourth-order valence-electron chi connectivity index (χ4n) is 1.16. The number of nitrogens with zero attached hydrogens (tertiary/aromatic N) is 2. The summed E-state index contributed by atoms with van der Waals surface area (Å²) >= 11 is 3.31. The normalized spacial score (nSPS) is 10.3. The second kappa shape index (κ2) is 6.58. The topological polar surface area (TPSA) is 58.2 Å². The monoisotopic (exact) mass is 275 g/mol. The van der Waals surface area contributed by atoms with E-state index in [9.17, 15) is 4.79 Å². The smallest absolute Gasteiger partial charge is 0.271 e. The van der Waals surface area contributed by atoms with Crippen molar-refractivity contribution in [3.05, 3.63) is 18.0 Å². The van der Waals surface area contributed by atoms with Crippen molar-refractivity contribution in [1.82, 2.24) is 15.1 Å². The molecule has 0 atom stereocenters. The Balaban J connectivity index is 2.58. The van der Waals surface area contributed by atoms with E-state index in [1.165, 1.54) is 0 Å². The Morgan fingerprint density at radius 2 is 2.47 bits per heavy atom. The van der Waals surface area contributed by atoms with Crippen molar-refractivity contribution in [3.63, 3.8) is 0 Å². The molecular weight excluding hydrogens is 262 g/mol. The van der Waals surface area contributed by atoms with E-state index in [4.69, 9.17) is 4.74 Å². The number of aromatic nitrogens is 2. The molecule has 0 aliphatic carbocycles. The molecule has 0 radical (unpaired) electrons. The number of amides is 1. The lowest BCUT2D eigenvalue weighted by Gasteiger charge is -2.20. The Kier molecular flexibility index (Phi) is 5.34. The Morgan fingerprint density at radius 3 is 3.00 bits per heavy atom. The number of aromatic amines is 1. The molecule has 1 N–H and O–H groups in total. The van der Waals surface area contributed by atoms with Crippen molar-refractivity contribution in [2.24, 2.45) is 0 Å². The van der Waals surface area contributed by atoms with Gasteiger partial charge in [-0.05, 0) is 6.07 Å². The molecule has 6 heteroatoms. The van der Waals surface area contributed by atoms with Gasteiger partial charge in [0.2, 0.25) is 0 Å². The number of methoxy groups -OCH3 is 1. The molecule has 0 saturated heterocycles. The zero-order valence-electron chi connectivity index (χ0n) is 8.57. The molecule has 1 heterocycles. The Labute approximate surface area is 96.9 Å². The van der Waals surface area contributed by atoms with Crippen LogP contribution in [0.15, 0.2) is 12.3 Å². The van der Waals surface area contributed by atoms with Crippen LogP contribution in [0.4, 0.5) is 0 Å². The van der Waals surface area contributed by atoms with Crippen molar-refractivity contribution in [2.75, 3.05) is 32.1 Å². The molecular formula is C9H14BrN3O2. The van der Waals surface area contributed by atoms with Crippen LogP contribution >= 0.6 is 15.9 Å². The quantitative estimate of drug-likeness (QED) is 0.785. The molecule has 0 saturated carbocycles. The van der Waals surface area contributed by atoms with Gasteiger partial charge >= 0.3 is 0 Å². The van der Waals surface area contributed by atoms with Gasteiger partial charge in [-0.15, -0.1) is 0 Å². The first-order chi connectivity index (χ1) is 7.29. The summed E-state index contributed by atoms with van der Waals surface area (Å²) in [6.07, 6.45) is 1.57. The van der Waals surface area contributed by atoms with E-state index in [0.717, 1.165) is 5.33 Å². The summed E-state index contributed by atoms with van der Waals surface area (Å²) in [5, 5.41) is 7.15. The van der Waals surface area contributed by atoms with Crippen LogP contribution in [0.1, 0.15) is 10.5 Å². The fourth-order valence-corrected chi connectivity index (χ4v) is 1.59. The van der Waals surface area contributed by atoms with E-state index in [-0.39, 0.29) is 5.91 Å². The largest absolute Gasteiger partial charge is 0.383 e. The van der Waals surface area contributed by atoms with Gasteiger partial charge in [0, 0.05) is 31.7 Å². The van der Waals surface area contributed by atoms with Crippen LogP contribution in [0.5, 0.6) is 0 Å². The molecule has 0 fully saturated rings. The molecule has 1 rings (SSSR count). The molecule has 84 valence electrons. The molecule has 0 aliphatic rings. The number of hydrogen-bond donors (Lipinski definition) is 1. The fraction of sp³-hybridized carbons (Fsp3) is 0.556. The molecule has 0 aromatic carbocycles. The van der Waals surface area contributed by atoms with Crippen molar-refractivity contribution in [3.8, 4) is 0 Å². The third-order valence-corrected chi connectivity index (χ3v) is 2.29. The molecule has 1 aromatic heterocycles. The lowest BCUT2D eigenvalue weighted by atomic mass is 10.3. The zero-order valence-corrected chi connectivity index (χ0v) is 10.2. The summed E-state index contributed by atoms with van der Waals surface area (Å²) in [6.45, 7) is 1.77. The highest BCUT2D eigenvalue weighted by Gasteiger charge is 2.15. The second-order valence-corrected chi connectivity index (χ2v) is 3.74. The van der Waals surface area contributed by atoms with Crippen LogP contribution in [0.2, 0.25) is 0 Å². The average molecular weight is 276 g/mol. The Bertz CT molecular complexity index is 290. The van der Waals surface area contributed by atoms with Crippen LogP contribution in [-0.2, 0) is 4.74 Å². The van der Waals surface area contributed by atoms with E-state index in [2.05, 4.69) is 26.1 Å². The van der Waals surface area contributed by atoms with Gasteiger partial charge in [-0.25, -0.2) is 0 Å². The minimum absolute atomic E-state index is 0.0519. The SMILES string of the molecule is COCCN(CCBr)C(=O)c1ccn[nH]1. The maximum atomic E-state index is 11.9. The zero-order chi connectivity index (χ0) is 11.1.